The van der Waals surface area contributed by atoms with Crippen molar-refractivity contribution in [1.82, 2.24) is 10.2 Å². The Labute approximate surface area is 165 Å². The largest absolute Gasteiger partial charge is 0.486 e. The van der Waals surface area contributed by atoms with Crippen molar-refractivity contribution >= 4 is 17.6 Å². The van der Waals surface area contributed by atoms with E-state index in [4.69, 9.17) is 9.47 Å². The van der Waals surface area contributed by atoms with Gasteiger partial charge in [-0.2, -0.15) is 0 Å². The van der Waals surface area contributed by atoms with Gasteiger partial charge in [0.05, 0.1) is 0 Å². The Bertz CT molecular complexity index is 753. The van der Waals surface area contributed by atoms with Crippen LogP contribution in [0.4, 0.5) is 0 Å². The molecule has 152 valence electrons. The van der Waals surface area contributed by atoms with Crippen LogP contribution in [0, 0.1) is 11.8 Å². The molecular formula is C21H28N2O5. The zero-order valence-corrected chi connectivity index (χ0v) is 16.7. The molecule has 0 spiro atoms. The molecule has 2 heterocycles. The fourth-order valence-electron chi connectivity index (χ4n) is 3.72. The Morgan fingerprint density at radius 3 is 2.32 bits per heavy atom. The molecule has 1 fully saturated rings. The molecule has 0 bridgehead atoms. The number of piperidine rings is 1. The number of nitrogens with zero attached hydrogens (tertiary/aromatic N) is 1. The molecule has 0 aromatic heterocycles. The van der Waals surface area contributed by atoms with E-state index in [1.54, 1.807) is 23.1 Å². The maximum Gasteiger partial charge on any atom is 0.245 e. The summed E-state index contributed by atoms with van der Waals surface area (Å²) in [5, 5.41) is 2.74. The highest BCUT2D eigenvalue weighted by atomic mass is 16.6. The zero-order chi connectivity index (χ0) is 20.3. The molecule has 0 saturated carbocycles. The van der Waals surface area contributed by atoms with Gasteiger partial charge in [-0.15, -0.1) is 0 Å². The van der Waals surface area contributed by atoms with Crippen molar-refractivity contribution in [2.75, 3.05) is 26.3 Å². The third-order valence-electron chi connectivity index (χ3n) is 5.30. The molecular weight excluding hydrogens is 360 g/mol. The fourth-order valence-corrected chi connectivity index (χ4v) is 3.72. The summed E-state index contributed by atoms with van der Waals surface area (Å²) < 4.78 is 11.1. The predicted octanol–water partition coefficient (Wildman–Crippen LogP) is 2.04. The molecule has 0 aliphatic carbocycles. The molecule has 7 nitrogen and oxygen atoms in total. The monoisotopic (exact) mass is 388 g/mol. The number of hydrogen-bond donors (Lipinski definition) is 1. The van der Waals surface area contributed by atoms with Gasteiger partial charge in [-0.1, -0.05) is 13.8 Å². The van der Waals surface area contributed by atoms with Crippen molar-refractivity contribution in [2.24, 2.45) is 11.8 Å². The summed E-state index contributed by atoms with van der Waals surface area (Å²) >= 11 is 0. The summed E-state index contributed by atoms with van der Waals surface area (Å²) in [5.74, 6) is 0.955. The Hall–Kier alpha value is -2.57. The topological polar surface area (TPSA) is 84.9 Å². The zero-order valence-electron chi connectivity index (χ0n) is 16.7. The van der Waals surface area contributed by atoms with Gasteiger partial charge in [0.1, 0.15) is 19.3 Å². The first kappa shape index (κ1) is 20.2. The summed E-state index contributed by atoms with van der Waals surface area (Å²) in [7, 11) is 0. The highest BCUT2D eigenvalue weighted by Gasteiger charge is 2.33. The minimum Gasteiger partial charge on any atom is -0.486 e. The van der Waals surface area contributed by atoms with Crippen molar-refractivity contribution in [1.29, 1.82) is 0 Å². The number of hydrogen-bond acceptors (Lipinski definition) is 5. The highest BCUT2D eigenvalue weighted by molar-refractivity contribution is 5.98. The number of benzene rings is 1. The summed E-state index contributed by atoms with van der Waals surface area (Å²) in [6.45, 7) is 7.28. The fraction of sp³-hybridized carbons (Fsp3) is 0.571. The van der Waals surface area contributed by atoms with Gasteiger partial charge in [-0.05, 0) is 37.0 Å². The highest BCUT2D eigenvalue weighted by Crippen LogP contribution is 2.32. The van der Waals surface area contributed by atoms with Crippen molar-refractivity contribution in [3.05, 3.63) is 23.8 Å². The number of ether oxygens (including phenoxy) is 2. The molecule has 28 heavy (non-hydrogen) atoms. The van der Waals surface area contributed by atoms with E-state index < -0.39 is 6.04 Å². The van der Waals surface area contributed by atoms with Gasteiger partial charge in [0.15, 0.2) is 17.3 Å². The third-order valence-corrected chi connectivity index (χ3v) is 5.30. The first-order valence-corrected chi connectivity index (χ1v) is 9.86. The van der Waals surface area contributed by atoms with Gasteiger partial charge < -0.3 is 19.7 Å². The lowest BCUT2D eigenvalue weighted by Crippen LogP contribution is -2.52. The van der Waals surface area contributed by atoms with Crippen LogP contribution in [-0.4, -0.2) is 54.8 Å². The second-order valence-corrected chi connectivity index (χ2v) is 7.74. The van der Waals surface area contributed by atoms with Gasteiger partial charge in [-0.3, -0.25) is 14.4 Å². The molecule has 1 atom stereocenters. The molecule has 2 aliphatic heterocycles. The van der Waals surface area contributed by atoms with E-state index in [2.05, 4.69) is 5.32 Å². The van der Waals surface area contributed by atoms with Crippen molar-refractivity contribution in [3.63, 3.8) is 0 Å². The van der Waals surface area contributed by atoms with Crippen LogP contribution in [0.1, 0.15) is 44.0 Å². The van der Waals surface area contributed by atoms with E-state index in [0.717, 1.165) is 0 Å². The summed E-state index contributed by atoms with van der Waals surface area (Å²) in [6, 6.07) is 4.78. The van der Waals surface area contributed by atoms with Crippen LogP contribution in [0.3, 0.4) is 0 Å². The number of nitrogens with one attached hydrogen (secondary N) is 1. The second-order valence-electron chi connectivity index (χ2n) is 7.74. The number of carbonyl (C=O) groups is 3. The van der Waals surface area contributed by atoms with Crippen LogP contribution in [-0.2, 0) is 9.59 Å². The number of rotatable bonds is 5. The lowest BCUT2D eigenvalue weighted by Gasteiger charge is -2.35. The van der Waals surface area contributed by atoms with Gasteiger partial charge in [0, 0.05) is 31.5 Å². The Kier molecular flexibility index (Phi) is 6.21. The number of amides is 2. The van der Waals surface area contributed by atoms with E-state index >= 15 is 0 Å². The van der Waals surface area contributed by atoms with E-state index in [0.29, 0.717) is 56.2 Å². The molecule has 2 aliphatic rings. The molecule has 1 saturated heterocycles. The molecule has 7 heteroatoms. The standard InChI is InChI=1S/C21H28N2O5/c1-13(2)19(22-14(3)24)21(26)23-8-6-15(7-9-23)20(25)16-4-5-17-18(12-16)28-11-10-27-17/h4-5,12-13,15,19H,6-11H2,1-3H3,(H,22,24)/t19-/m0/s1. The number of carbonyl (C=O) groups excluding carboxylic acids is 3. The van der Waals surface area contributed by atoms with Crippen LogP contribution < -0.4 is 14.8 Å². The predicted molar refractivity (Wildman–Crippen MR) is 104 cm³/mol. The first-order valence-electron chi connectivity index (χ1n) is 9.86. The number of likely N-dealkylation sites (tertiary alicyclic amines) is 1. The Morgan fingerprint density at radius 2 is 1.71 bits per heavy atom. The minimum atomic E-state index is -0.525. The quantitative estimate of drug-likeness (QED) is 0.781. The molecule has 2 amide bonds. The van der Waals surface area contributed by atoms with Crippen LogP contribution >= 0.6 is 0 Å². The van der Waals surface area contributed by atoms with Gasteiger partial charge in [-0.25, -0.2) is 0 Å². The molecule has 0 radical (unpaired) electrons. The average Bonchev–Trinajstić information content (AvgIpc) is 2.70. The smallest absolute Gasteiger partial charge is 0.245 e. The van der Waals surface area contributed by atoms with E-state index in [1.807, 2.05) is 13.8 Å². The number of fused-ring (bicyclic) bond motifs is 1. The SMILES string of the molecule is CC(=O)N[C@H](C(=O)N1CCC(C(=O)c2ccc3c(c2)OCCO3)CC1)C(C)C. The first-order chi connectivity index (χ1) is 13.4. The number of Topliss-reactive ketones (excluding diaryl/α,β-unsaturated/α-hetero) is 1. The Balaban J connectivity index is 1.61. The lowest BCUT2D eigenvalue weighted by molar-refractivity contribution is -0.138. The van der Waals surface area contributed by atoms with Crippen LogP contribution in [0.25, 0.3) is 0 Å². The van der Waals surface area contributed by atoms with Crippen molar-refractivity contribution < 1.29 is 23.9 Å². The van der Waals surface area contributed by atoms with Crippen molar-refractivity contribution in [2.45, 2.75) is 39.7 Å². The Morgan fingerprint density at radius 1 is 1.07 bits per heavy atom. The summed E-state index contributed by atoms with van der Waals surface area (Å²) in [6.07, 6.45) is 1.23. The minimum absolute atomic E-state index is 0.00784. The van der Waals surface area contributed by atoms with Gasteiger partial charge >= 0.3 is 0 Å². The van der Waals surface area contributed by atoms with Gasteiger partial charge in [0.2, 0.25) is 11.8 Å². The molecule has 1 N–H and O–H groups in total. The van der Waals surface area contributed by atoms with E-state index in [1.165, 1.54) is 6.92 Å². The van der Waals surface area contributed by atoms with Crippen LogP contribution in [0.15, 0.2) is 18.2 Å². The van der Waals surface area contributed by atoms with E-state index in [-0.39, 0.29) is 29.4 Å². The van der Waals surface area contributed by atoms with Crippen LogP contribution in [0.2, 0.25) is 0 Å². The molecule has 1 aromatic carbocycles. The lowest BCUT2D eigenvalue weighted by atomic mass is 9.88. The van der Waals surface area contributed by atoms with E-state index in [9.17, 15) is 14.4 Å². The van der Waals surface area contributed by atoms with Crippen molar-refractivity contribution in [3.8, 4) is 11.5 Å². The molecule has 3 rings (SSSR count). The second kappa shape index (κ2) is 8.63. The van der Waals surface area contributed by atoms with Crippen LogP contribution in [0.5, 0.6) is 11.5 Å². The summed E-state index contributed by atoms with van der Waals surface area (Å²) in [5.41, 5.74) is 0.618. The third kappa shape index (κ3) is 4.46. The normalized spacial score (nSPS) is 17.9. The van der Waals surface area contributed by atoms with Gasteiger partial charge in [0.25, 0.3) is 0 Å². The maximum atomic E-state index is 12.9. The molecule has 1 aromatic rings. The number of ketones is 1. The summed E-state index contributed by atoms with van der Waals surface area (Å²) in [4.78, 5) is 38.8. The molecule has 0 unspecified atom stereocenters. The maximum absolute atomic E-state index is 12.9. The average molecular weight is 388 g/mol.